The van der Waals surface area contributed by atoms with E-state index in [1.54, 1.807) is 43.4 Å². The van der Waals surface area contributed by atoms with Gasteiger partial charge in [-0.25, -0.2) is 4.98 Å². The standard InChI is InChI=1S/C22H23F3N4O/c1-4-15-6-10-17(11-7-15)29(3)20-19(22(23,24)25)14-26-21(28-20)27-16-8-12-18(13-9-16)30-5-2/h6-14H,4-5H2,1-3H3,(H,26,27,28). The minimum atomic E-state index is -4.58. The Labute approximate surface area is 173 Å². The van der Waals surface area contributed by atoms with Gasteiger partial charge in [-0.2, -0.15) is 18.2 Å². The van der Waals surface area contributed by atoms with Crippen LogP contribution >= 0.6 is 0 Å². The second kappa shape index (κ2) is 9.02. The second-order valence-electron chi connectivity index (χ2n) is 6.59. The predicted octanol–water partition coefficient (Wildman–Crippen LogP) is 5.97. The Bertz CT molecular complexity index is 973. The Morgan fingerprint density at radius 1 is 1.00 bits per heavy atom. The van der Waals surface area contributed by atoms with E-state index < -0.39 is 11.7 Å². The summed E-state index contributed by atoms with van der Waals surface area (Å²) in [5.41, 5.74) is 1.44. The highest BCUT2D eigenvalue weighted by atomic mass is 19.4. The Morgan fingerprint density at radius 2 is 1.67 bits per heavy atom. The highest BCUT2D eigenvalue weighted by Crippen LogP contribution is 2.37. The van der Waals surface area contributed by atoms with Crippen LogP contribution in [0.2, 0.25) is 0 Å². The van der Waals surface area contributed by atoms with Gasteiger partial charge >= 0.3 is 6.18 Å². The van der Waals surface area contributed by atoms with E-state index >= 15 is 0 Å². The maximum absolute atomic E-state index is 13.6. The van der Waals surface area contributed by atoms with Crippen molar-refractivity contribution in [3.63, 3.8) is 0 Å². The van der Waals surface area contributed by atoms with Gasteiger partial charge in [0.2, 0.25) is 5.95 Å². The fourth-order valence-corrected chi connectivity index (χ4v) is 2.90. The number of aryl methyl sites for hydroxylation is 1. The molecule has 0 amide bonds. The van der Waals surface area contributed by atoms with Gasteiger partial charge in [-0.3, -0.25) is 0 Å². The van der Waals surface area contributed by atoms with Gasteiger partial charge in [0.05, 0.1) is 6.61 Å². The topological polar surface area (TPSA) is 50.3 Å². The van der Waals surface area contributed by atoms with Gasteiger partial charge in [0, 0.05) is 24.6 Å². The molecule has 30 heavy (non-hydrogen) atoms. The van der Waals surface area contributed by atoms with E-state index in [1.807, 2.05) is 26.0 Å². The molecule has 3 rings (SSSR count). The van der Waals surface area contributed by atoms with Crippen molar-refractivity contribution < 1.29 is 17.9 Å². The lowest BCUT2D eigenvalue weighted by Gasteiger charge is -2.23. The van der Waals surface area contributed by atoms with Crippen LogP contribution in [0.1, 0.15) is 25.0 Å². The monoisotopic (exact) mass is 416 g/mol. The third-order valence-corrected chi connectivity index (χ3v) is 4.55. The molecule has 0 bridgehead atoms. The van der Waals surface area contributed by atoms with Crippen molar-refractivity contribution >= 4 is 23.1 Å². The number of halogens is 3. The molecule has 0 saturated carbocycles. The quantitative estimate of drug-likeness (QED) is 0.514. The SMILES string of the molecule is CCOc1ccc(Nc2ncc(C(F)(F)F)c(N(C)c3ccc(CC)cc3)n2)cc1. The number of hydrogen-bond acceptors (Lipinski definition) is 5. The predicted molar refractivity (Wildman–Crippen MR) is 112 cm³/mol. The molecule has 0 fully saturated rings. The lowest BCUT2D eigenvalue weighted by molar-refractivity contribution is -0.137. The first-order valence-electron chi connectivity index (χ1n) is 9.58. The number of aromatic nitrogens is 2. The van der Waals surface area contributed by atoms with Crippen LogP contribution in [-0.4, -0.2) is 23.6 Å². The minimum absolute atomic E-state index is 0.0687. The summed E-state index contributed by atoms with van der Waals surface area (Å²) in [5, 5.41) is 2.95. The molecular weight excluding hydrogens is 393 g/mol. The molecule has 0 aliphatic heterocycles. The van der Waals surface area contributed by atoms with Crippen LogP contribution in [0, 0.1) is 0 Å². The average Bonchev–Trinajstić information content (AvgIpc) is 2.74. The fraction of sp³-hybridized carbons (Fsp3) is 0.273. The molecule has 0 spiro atoms. The van der Waals surface area contributed by atoms with Gasteiger partial charge in [0.1, 0.15) is 11.3 Å². The first kappa shape index (κ1) is 21.4. The van der Waals surface area contributed by atoms with Crippen molar-refractivity contribution in [3.8, 4) is 5.75 Å². The van der Waals surface area contributed by atoms with Gasteiger partial charge in [-0.15, -0.1) is 0 Å². The fourth-order valence-electron chi connectivity index (χ4n) is 2.90. The van der Waals surface area contributed by atoms with E-state index in [2.05, 4.69) is 15.3 Å². The van der Waals surface area contributed by atoms with Crippen molar-refractivity contribution in [1.82, 2.24) is 9.97 Å². The molecule has 0 atom stereocenters. The van der Waals surface area contributed by atoms with Crippen LogP contribution in [0.3, 0.4) is 0 Å². The number of alkyl halides is 3. The number of nitrogens with one attached hydrogen (secondary N) is 1. The summed E-state index contributed by atoms with van der Waals surface area (Å²) in [6.07, 6.45) is -2.93. The van der Waals surface area contributed by atoms with Gasteiger partial charge in [-0.1, -0.05) is 19.1 Å². The van der Waals surface area contributed by atoms with Gasteiger partial charge in [-0.05, 0) is 55.3 Å². The number of rotatable bonds is 7. The highest BCUT2D eigenvalue weighted by Gasteiger charge is 2.36. The number of anilines is 4. The maximum atomic E-state index is 13.6. The van der Waals surface area contributed by atoms with Crippen molar-refractivity contribution in [2.45, 2.75) is 26.4 Å². The van der Waals surface area contributed by atoms with Crippen LogP contribution in [0.4, 0.5) is 36.3 Å². The first-order chi connectivity index (χ1) is 14.3. The summed E-state index contributed by atoms with van der Waals surface area (Å²) in [6, 6.07) is 14.4. The van der Waals surface area contributed by atoms with Crippen molar-refractivity contribution in [2.75, 3.05) is 23.9 Å². The molecule has 0 aliphatic carbocycles. The van der Waals surface area contributed by atoms with E-state index in [0.717, 1.165) is 18.2 Å². The van der Waals surface area contributed by atoms with Crippen LogP contribution in [0.15, 0.2) is 54.7 Å². The van der Waals surface area contributed by atoms with Gasteiger partial charge in [0.15, 0.2) is 5.82 Å². The first-order valence-corrected chi connectivity index (χ1v) is 9.58. The van der Waals surface area contributed by atoms with Crippen LogP contribution in [0.25, 0.3) is 0 Å². The number of hydrogen-bond donors (Lipinski definition) is 1. The average molecular weight is 416 g/mol. The van der Waals surface area contributed by atoms with E-state index in [4.69, 9.17) is 4.74 Å². The molecule has 0 aliphatic rings. The molecule has 0 saturated heterocycles. The lowest BCUT2D eigenvalue weighted by Crippen LogP contribution is -2.19. The molecule has 0 unspecified atom stereocenters. The van der Waals surface area contributed by atoms with Gasteiger partial charge < -0.3 is 15.0 Å². The summed E-state index contributed by atoms with van der Waals surface area (Å²) in [7, 11) is 1.55. The molecule has 1 heterocycles. The maximum Gasteiger partial charge on any atom is 0.421 e. The van der Waals surface area contributed by atoms with E-state index in [-0.39, 0.29) is 11.8 Å². The molecule has 1 N–H and O–H groups in total. The Balaban J connectivity index is 1.93. The zero-order chi connectivity index (χ0) is 21.7. The molecule has 2 aromatic carbocycles. The minimum Gasteiger partial charge on any atom is -0.494 e. The van der Waals surface area contributed by atoms with Crippen molar-refractivity contribution in [3.05, 3.63) is 65.9 Å². The van der Waals surface area contributed by atoms with Crippen LogP contribution in [-0.2, 0) is 12.6 Å². The molecule has 8 heteroatoms. The Morgan fingerprint density at radius 3 is 2.23 bits per heavy atom. The smallest absolute Gasteiger partial charge is 0.421 e. The van der Waals surface area contributed by atoms with Crippen molar-refractivity contribution in [2.24, 2.45) is 0 Å². The number of nitrogens with zero attached hydrogens (tertiary/aromatic N) is 3. The van der Waals surface area contributed by atoms with Crippen LogP contribution in [0.5, 0.6) is 5.75 Å². The zero-order valence-electron chi connectivity index (χ0n) is 17.0. The summed E-state index contributed by atoms with van der Waals surface area (Å²) < 4.78 is 46.1. The summed E-state index contributed by atoms with van der Waals surface area (Å²) in [6.45, 7) is 4.45. The third-order valence-electron chi connectivity index (χ3n) is 4.55. The Hall–Kier alpha value is -3.29. The van der Waals surface area contributed by atoms with Gasteiger partial charge in [0.25, 0.3) is 0 Å². The zero-order valence-corrected chi connectivity index (χ0v) is 17.0. The lowest BCUT2D eigenvalue weighted by atomic mass is 10.1. The van der Waals surface area contributed by atoms with E-state index in [0.29, 0.717) is 23.7 Å². The Kier molecular flexibility index (Phi) is 6.44. The summed E-state index contributed by atoms with van der Waals surface area (Å²) >= 11 is 0. The molecule has 0 radical (unpaired) electrons. The molecule has 158 valence electrons. The second-order valence-corrected chi connectivity index (χ2v) is 6.59. The molecule has 3 aromatic rings. The van der Waals surface area contributed by atoms with E-state index in [1.165, 1.54) is 4.90 Å². The van der Waals surface area contributed by atoms with E-state index in [9.17, 15) is 13.2 Å². The molecule has 1 aromatic heterocycles. The normalized spacial score (nSPS) is 11.3. The number of ether oxygens (including phenoxy) is 1. The number of benzene rings is 2. The molecule has 5 nitrogen and oxygen atoms in total. The van der Waals surface area contributed by atoms with Crippen molar-refractivity contribution in [1.29, 1.82) is 0 Å². The highest BCUT2D eigenvalue weighted by molar-refractivity contribution is 5.65. The third kappa shape index (κ3) is 5.00. The summed E-state index contributed by atoms with van der Waals surface area (Å²) in [4.78, 5) is 9.44. The van der Waals surface area contributed by atoms with Crippen LogP contribution < -0.4 is 15.0 Å². The molecular formula is C22H23F3N4O. The summed E-state index contributed by atoms with van der Waals surface area (Å²) in [5.74, 6) is 0.543. The largest absolute Gasteiger partial charge is 0.494 e.